The van der Waals surface area contributed by atoms with E-state index in [0.29, 0.717) is 17.9 Å². The molecule has 1 heterocycles. The molecule has 0 atom stereocenters. The number of aromatic nitrogens is 2. The lowest BCUT2D eigenvalue weighted by molar-refractivity contribution is 0.413. The van der Waals surface area contributed by atoms with Gasteiger partial charge in [-0.05, 0) is 47.5 Å². The van der Waals surface area contributed by atoms with Gasteiger partial charge >= 0.3 is 0 Å². The van der Waals surface area contributed by atoms with Gasteiger partial charge in [-0.1, -0.05) is 6.07 Å². The molecule has 0 aliphatic carbocycles. The van der Waals surface area contributed by atoms with Gasteiger partial charge in [0.15, 0.2) is 0 Å². The molecule has 1 aromatic carbocycles. The molecule has 0 bridgehead atoms. The molecule has 4 nitrogen and oxygen atoms in total. The van der Waals surface area contributed by atoms with Crippen LogP contribution in [-0.2, 0) is 6.54 Å². The number of halogens is 1. The number of rotatable bonds is 3. The molecule has 2 aromatic rings. The third-order valence-corrected chi connectivity index (χ3v) is 4.16. The van der Waals surface area contributed by atoms with Gasteiger partial charge in [-0.25, -0.2) is 0 Å². The van der Waals surface area contributed by atoms with E-state index in [2.05, 4.69) is 27.1 Å². The van der Waals surface area contributed by atoms with Crippen molar-refractivity contribution in [3.63, 3.8) is 0 Å². The molecule has 0 saturated heterocycles. The van der Waals surface area contributed by atoms with Crippen molar-refractivity contribution in [3.8, 4) is 11.8 Å². The Morgan fingerprint density at radius 2 is 2.16 bits per heavy atom. The number of ether oxygens (including phenoxy) is 1. The number of hydrogen-bond acceptors (Lipinski definition) is 3. The fraction of sp³-hybridized carbons (Fsp3) is 0.286. The van der Waals surface area contributed by atoms with Crippen molar-refractivity contribution < 1.29 is 4.74 Å². The lowest BCUT2D eigenvalue weighted by Gasteiger charge is -2.07. The van der Waals surface area contributed by atoms with Gasteiger partial charge in [-0.3, -0.25) is 4.68 Å². The van der Waals surface area contributed by atoms with E-state index in [4.69, 9.17) is 10.00 Å². The molecule has 5 heteroatoms. The van der Waals surface area contributed by atoms with E-state index in [1.165, 1.54) is 0 Å². The summed E-state index contributed by atoms with van der Waals surface area (Å²) in [5.74, 6) is 0.598. The van der Waals surface area contributed by atoms with E-state index in [9.17, 15) is 0 Å². The molecule has 0 unspecified atom stereocenters. The lowest BCUT2D eigenvalue weighted by atomic mass is 10.1. The summed E-state index contributed by atoms with van der Waals surface area (Å²) in [5, 5.41) is 13.5. The van der Waals surface area contributed by atoms with Crippen molar-refractivity contribution in [2.45, 2.75) is 20.4 Å². The standard InChI is InChI=1S/C14H14BrN3O/c1-9-14(15)10(2)18(17-9)8-11-4-5-13(19-3)12(6-11)7-16/h4-6H,8H2,1-3H3. The maximum Gasteiger partial charge on any atom is 0.136 e. The van der Waals surface area contributed by atoms with Gasteiger partial charge in [0.05, 0.1) is 35.1 Å². The molecule has 0 aliphatic rings. The van der Waals surface area contributed by atoms with E-state index >= 15 is 0 Å². The molecule has 19 heavy (non-hydrogen) atoms. The second-order valence-corrected chi connectivity index (χ2v) is 5.08. The van der Waals surface area contributed by atoms with Crippen LogP contribution in [0.5, 0.6) is 5.75 Å². The highest BCUT2D eigenvalue weighted by molar-refractivity contribution is 9.10. The van der Waals surface area contributed by atoms with Crippen LogP contribution in [0.15, 0.2) is 22.7 Å². The summed E-state index contributed by atoms with van der Waals surface area (Å²) in [7, 11) is 1.56. The Kier molecular flexibility index (Phi) is 3.91. The summed E-state index contributed by atoms with van der Waals surface area (Å²) in [6, 6.07) is 7.74. The normalized spacial score (nSPS) is 10.3. The molecule has 0 aliphatic heterocycles. The second-order valence-electron chi connectivity index (χ2n) is 4.29. The predicted molar refractivity (Wildman–Crippen MR) is 76.2 cm³/mol. The van der Waals surface area contributed by atoms with Crippen molar-refractivity contribution >= 4 is 15.9 Å². The molecule has 2 rings (SSSR count). The van der Waals surface area contributed by atoms with Crippen molar-refractivity contribution in [3.05, 3.63) is 45.2 Å². The van der Waals surface area contributed by atoms with E-state index in [0.717, 1.165) is 21.4 Å². The molecule has 0 radical (unpaired) electrons. The number of methoxy groups -OCH3 is 1. The summed E-state index contributed by atoms with van der Waals surface area (Å²) in [6.45, 7) is 4.61. The largest absolute Gasteiger partial charge is 0.495 e. The highest BCUT2D eigenvalue weighted by Gasteiger charge is 2.10. The van der Waals surface area contributed by atoms with Crippen LogP contribution >= 0.6 is 15.9 Å². The van der Waals surface area contributed by atoms with Gasteiger partial charge in [0.1, 0.15) is 11.8 Å². The third kappa shape index (κ3) is 2.64. The Balaban J connectivity index is 2.34. The second kappa shape index (κ2) is 5.45. The monoisotopic (exact) mass is 319 g/mol. The van der Waals surface area contributed by atoms with Crippen molar-refractivity contribution in [2.75, 3.05) is 7.11 Å². The number of aryl methyl sites for hydroxylation is 1. The first-order chi connectivity index (χ1) is 9.06. The number of nitrogens with zero attached hydrogens (tertiary/aromatic N) is 3. The first-order valence-electron chi connectivity index (χ1n) is 5.83. The molecule has 0 amide bonds. The average Bonchev–Trinajstić information content (AvgIpc) is 2.66. The highest BCUT2D eigenvalue weighted by Crippen LogP contribution is 2.23. The minimum absolute atomic E-state index is 0.542. The summed E-state index contributed by atoms with van der Waals surface area (Å²) in [6.07, 6.45) is 0. The van der Waals surface area contributed by atoms with Gasteiger partial charge in [-0.2, -0.15) is 10.4 Å². The Bertz CT molecular complexity index is 655. The zero-order valence-electron chi connectivity index (χ0n) is 11.1. The van der Waals surface area contributed by atoms with Crippen LogP contribution in [0.2, 0.25) is 0 Å². The molecule has 0 fully saturated rings. The van der Waals surface area contributed by atoms with Crippen molar-refractivity contribution in [1.82, 2.24) is 9.78 Å². The van der Waals surface area contributed by atoms with Crippen LogP contribution in [0.4, 0.5) is 0 Å². The van der Waals surface area contributed by atoms with Crippen LogP contribution in [0.3, 0.4) is 0 Å². The fourth-order valence-corrected chi connectivity index (χ4v) is 2.23. The molecule has 0 saturated carbocycles. The Morgan fingerprint density at radius 3 is 2.68 bits per heavy atom. The molecular weight excluding hydrogens is 306 g/mol. The first kappa shape index (κ1) is 13.6. The van der Waals surface area contributed by atoms with E-state index in [-0.39, 0.29) is 0 Å². The SMILES string of the molecule is COc1ccc(Cn2nc(C)c(Br)c2C)cc1C#N. The highest BCUT2D eigenvalue weighted by atomic mass is 79.9. The first-order valence-corrected chi connectivity index (χ1v) is 6.62. The van der Waals surface area contributed by atoms with Gasteiger partial charge in [0.25, 0.3) is 0 Å². The van der Waals surface area contributed by atoms with E-state index in [1.54, 1.807) is 7.11 Å². The van der Waals surface area contributed by atoms with Crippen LogP contribution in [0.25, 0.3) is 0 Å². The smallest absolute Gasteiger partial charge is 0.136 e. The zero-order chi connectivity index (χ0) is 14.0. The quantitative estimate of drug-likeness (QED) is 0.873. The summed E-state index contributed by atoms with van der Waals surface area (Å²) >= 11 is 3.51. The van der Waals surface area contributed by atoms with Crippen molar-refractivity contribution in [1.29, 1.82) is 5.26 Å². The van der Waals surface area contributed by atoms with E-state index < -0.39 is 0 Å². The van der Waals surface area contributed by atoms with Crippen LogP contribution in [-0.4, -0.2) is 16.9 Å². The third-order valence-electron chi connectivity index (χ3n) is 3.01. The summed E-state index contributed by atoms with van der Waals surface area (Å²) < 4.78 is 8.08. The number of hydrogen-bond donors (Lipinski definition) is 0. The predicted octanol–water partition coefficient (Wildman–Crippen LogP) is 3.19. The molecular formula is C14H14BrN3O. The maximum absolute atomic E-state index is 9.08. The molecule has 0 N–H and O–H groups in total. The van der Waals surface area contributed by atoms with Gasteiger partial charge in [-0.15, -0.1) is 0 Å². The van der Waals surface area contributed by atoms with Gasteiger partial charge in [0.2, 0.25) is 0 Å². The molecule has 98 valence electrons. The van der Waals surface area contributed by atoms with Gasteiger partial charge in [0, 0.05) is 0 Å². The van der Waals surface area contributed by atoms with Crippen LogP contribution in [0, 0.1) is 25.2 Å². The molecule has 1 aromatic heterocycles. The number of nitriles is 1. The summed E-state index contributed by atoms with van der Waals surface area (Å²) in [5.41, 5.74) is 3.61. The topological polar surface area (TPSA) is 50.8 Å². The minimum Gasteiger partial charge on any atom is -0.495 e. The van der Waals surface area contributed by atoms with E-state index in [1.807, 2.05) is 36.7 Å². The number of benzene rings is 1. The zero-order valence-corrected chi connectivity index (χ0v) is 12.7. The Labute approximate surface area is 120 Å². The fourth-order valence-electron chi connectivity index (χ4n) is 1.94. The van der Waals surface area contributed by atoms with Crippen LogP contribution in [0.1, 0.15) is 22.5 Å². The molecule has 0 spiro atoms. The van der Waals surface area contributed by atoms with Crippen LogP contribution < -0.4 is 4.74 Å². The van der Waals surface area contributed by atoms with Crippen molar-refractivity contribution in [2.24, 2.45) is 0 Å². The maximum atomic E-state index is 9.08. The summed E-state index contributed by atoms with van der Waals surface area (Å²) in [4.78, 5) is 0. The van der Waals surface area contributed by atoms with Gasteiger partial charge < -0.3 is 4.74 Å². The Hall–Kier alpha value is -1.80. The average molecular weight is 320 g/mol. The Morgan fingerprint density at radius 1 is 1.42 bits per heavy atom. The minimum atomic E-state index is 0.542. The lowest BCUT2D eigenvalue weighted by Crippen LogP contribution is -2.04.